The second-order valence-corrected chi connectivity index (χ2v) is 6.30. The third kappa shape index (κ3) is 3.30. The highest BCUT2D eigenvalue weighted by Gasteiger charge is 2.15. The molecule has 0 saturated heterocycles. The molecule has 0 saturated carbocycles. The Morgan fingerprint density at radius 2 is 1.88 bits per heavy atom. The van der Waals surface area contributed by atoms with Crippen molar-refractivity contribution in [3.63, 3.8) is 0 Å². The standard InChI is InChI=1S/C18H14Cl2N2O2/c1-10(13-7-6-12(19)9-15(13)20)21-18(24)16-8-11-4-2-3-5-14(11)17(23)22-16/h2-10H,1H3,(H,21,24)(H,22,23). The van der Waals surface area contributed by atoms with Gasteiger partial charge in [0.25, 0.3) is 11.5 Å². The van der Waals surface area contributed by atoms with Gasteiger partial charge in [0.15, 0.2) is 0 Å². The Morgan fingerprint density at radius 1 is 1.12 bits per heavy atom. The molecule has 1 atom stereocenters. The van der Waals surface area contributed by atoms with E-state index in [9.17, 15) is 9.59 Å². The van der Waals surface area contributed by atoms with Crippen molar-refractivity contribution in [2.45, 2.75) is 13.0 Å². The lowest BCUT2D eigenvalue weighted by Gasteiger charge is -2.16. The van der Waals surface area contributed by atoms with Gasteiger partial charge in [0.2, 0.25) is 0 Å². The summed E-state index contributed by atoms with van der Waals surface area (Å²) in [4.78, 5) is 27.1. The number of aromatic amines is 1. The van der Waals surface area contributed by atoms with E-state index in [4.69, 9.17) is 23.2 Å². The maximum atomic E-state index is 12.5. The fraction of sp³-hybridized carbons (Fsp3) is 0.111. The van der Waals surface area contributed by atoms with Crippen LogP contribution in [-0.2, 0) is 0 Å². The topological polar surface area (TPSA) is 62.0 Å². The Labute approximate surface area is 148 Å². The summed E-state index contributed by atoms with van der Waals surface area (Å²) in [5.41, 5.74) is 0.656. The van der Waals surface area contributed by atoms with Crippen molar-refractivity contribution >= 4 is 39.9 Å². The molecule has 2 aromatic carbocycles. The van der Waals surface area contributed by atoms with E-state index in [0.29, 0.717) is 20.8 Å². The predicted octanol–water partition coefficient (Wildman–Crippen LogP) is 4.33. The number of rotatable bonds is 3. The number of halogens is 2. The lowest BCUT2D eigenvalue weighted by Crippen LogP contribution is -2.29. The van der Waals surface area contributed by atoms with Gasteiger partial charge in [0.1, 0.15) is 5.69 Å². The van der Waals surface area contributed by atoms with Crippen LogP contribution in [0.2, 0.25) is 10.0 Å². The molecule has 3 aromatic rings. The summed E-state index contributed by atoms with van der Waals surface area (Å²) in [5, 5.41) is 5.09. The molecule has 1 aromatic heterocycles. The van der Waals surface area contributed by atoms with Gasteiger partial charge >= 0.3 is 0 Å². The third-order valence-corrected chi connectivity index (χ3v) is 4.34. The van der Waals surface area contributed by atoms with Crippen molar-refractivity contribution in [1.82, 2.24) is 10.3 Å². The summed E-state index contributed by atoms with van der Waals surface area (Å²) in [6.07, 6.45) is 0. The number of hydrogen-bond donors (Lipinski definition) is 2. The number of pyridine rings is 1. The van der Waals surface area contributed by atoms with Crippen LogP contribution in [0.25, 0.3) is 10.8 Å². The molecule has 3 rings (SSSR count). The summed E-state index contributed by atoms with van der Waals surface area (Å²) in [6, 6.07) is 13.5. The van der Waals surface area contributed by atoms with Crippen LogP contribution in [0, 0.1) is 0 Å². The Balaban J connectivity index is 1.88. The fourth-order valence-corrected chi connectivity index (χ4v) is 3.11. The smallest absolute Gasteiger partial charge is 0.268 e. The number of benzene rings is 2. The number of amides is 1. The molecule has 6 heteroatoms. The van der Waals surface area contributed by atoms with Gasteiger partial charge in [0.05, 0.1) is 6.04 Å². The zero-order valence-corrected chi connectivity index (χ0v) is 14.3. The van der Waals surface area contributed by atoms with Gasteiger partial charge in [-0.1, -0.05) is 47.5 Å². The zero-order valence-electron chi connectivity index (χ0n) is 12.8. The highest BCUT2D eigenvalue weighted by Crippen LogP contribution is 2.26. The first-order valence-corrected chi connectivity index (χ1v) is 8.09. The first kappa shape index (κ1) is 16.6. The van der Waals surface area contributed by atoms with Crippen molar-refractivity contribution in [2.24, 2.45) is 0 Å². The quantitative estimate of drug-likeness (QED) is 0.730. The molecule has 1 heterocycles. The number of hydrogen-bond acceptors (Lipinski definition) is 2. The van der Waals surface area contributed by atoms with Crippen molar-refractivity contribution in [3.8, 4) is 0 Å². The second kappa shape index (κ2) is 6.67. The molecule has 0 aliphatic rings. The molecule has 0 aliphatic carbocycles. The molecular weight excluding hydrogens is 347 g/mol. The Hall–Kier alpha value is -2.30. The Bertz CT molecular complexity index is 982. The van der Waals surface area contributed by atoms with Crippen molar-refractivity contribution in [2.75, 3.05) is 0 Å². The van der Waals surface area contributed by atoms with Crippen molar-refractivity contribution < 1.29 is 4.79 Å². The van der Waals surface area contributed by atoms with Crippen LogP contribution >= 0.6 is 23.2 Å². The van der Waals surface area contributed by atoms with Crippen LogP contribution in [0.3, 0.4) is 0 Å². The van der Waals surface area contributed by atoms with Crippen LogP contribution < -0.4 is 10.9 Å². The van der Waals surface area contributed by atoms with Gasteiger partial charge < -0.3 is 10.3 Å². The Kier molecular flexibility index (Phi) is 4.60. The number of carbonyl (C=O) groups is 1. The van der Waals surface area contributed by atoms with Crippen LogP contribution in [0.5, 0.6) is 0 Å². The van der Waals surface area contributed by atoms with Gasteiger partial charge in [-0.2, -0.15) is 0 Å². The fourth-order valence-electron chi connectivity index (χ4n) is 2.54. The highest BCUT2D eigenvalue weighted by molar-refractivity contribution is 6.35. The molecule has 1 amide bonds. The number of carbonyl (C=O) groups excluding carboxylic acids is 1. The molecule has 24 heavy (non-hydrogen) atoms. The Morgan fingerprint density at radius 3 is 2.62 bits per heavy atom. The third-order valence-electron chi connectivity index (χ3n) is 3.77. The van der Waals surface area contributed by atoms with Gasteiger partial charge in [-0.15, -0.1) is 0 Å². The summed E-state index contributed by atoms with van der Waals surface area (Å²) >= 11 is 12.0. The predicted molar refractivity (Wildman–Crippen MR) is 96.9 cm³/mol. The number of nitrogens with one attached hydrogen (secondary N) is 2. The number of aromatic nitrogens is 1. The minimum absolute atomic E-state index is 0.204. The first-order valence-electron chi connectivity index (χ1n) is 7.33. The molecular formula is C18H14Cl2N2O2. The summed E-state index contributed by atoms with van der Waals surface area (Å²) in [5.74, 6) is -0.378. The normalized spacial score (nSPS) is 12.1. The van der Waals surface area contributed by atoms with Crippen LogP contribution in [0.15, 0.2) is 53.3 Å². The molecule has 4 nitrogen and oxygen atoms in total. The number of fused-ring (bicyclic) bond motifs is 1. The molecule has 0 fully saturated rings. The molecule has 0 radical (unpaired) electrons. The van der Waals surface area contributed by atoms with E-state index in [1.54, 1.807) is 42.5 Å². The largest absolute Gasteiger partial charge is 0.344 e. The van der Waals surface area contributed by atoms with E-state index in [2.05, 4.69) is 10.3 Å². The zero-order chi connectivity index (χ0) is 17.3. The molecule has 2 N–H and O–H groups in total. The van der Waals surface area contributed by atoms with Gasteiger partial charge in [0, 0.05) is 15.4 Å². The highest BCUT2D eigenvalue weighted by atomic mass is 35.5. The average Bonchev–Trinajstić information content (AvgIpc) is 2.54. The molecule has 122 valence electrons. The first-order chi connectivity index (χ1) is 11.5. The second-order valence-electron chi connectivity index (χ2n) is 5.46. The van der Waals surface area contributed by atoms with E-state index < -0.39 is 0 Å². The van der Waals surface area contributed by atoms with Gasteiger partial charge in [-0.25, -0.2) is 0 Å². The average molecular weight is 361 g/mol. The summed E-state index contributed by atoms with van der Waals surface area (Å²) < 4.78 is 0. The van der Waals surface area contributed by atoms with Crippen molar-refractivity contribution in [1.29, 1.82) is 0 Å². The maximum absolute atomic E-state index is 12.5. The van der Waals surface area contributed by atoms with E-state index in [1.807, 2.05) is 13.0 Å². The summed E-state index contributed by atoms with van der Waals surface area (Å²) in [6.45, 7) is 1.81. The lowest BCUT2D eigenvalue weighted by atomic mass is 10.1. The lowest BCUT2D eigenvalue weighted by molar-refractivity contribution is 0.0935. The van der Waals surface area contributed by atoms with Crippen molar-refractivity contribution in [3.05, 3.63) is 80.2 Å². The SMILES string of the molecule is CC(NC(=O)c1cc2ccccc2c(=O)[nH]1)c1ccc(Cl)cc1Cl. The van der Waals surface area contributed by atoms with Crippen LogP contribution in [0.1, 0.15) is 29.0 Å². The molecule has 0 aliphatic heterocycles. The maximum Gasteiger partial charge on any atom is 0.268 e. The van der Waals surface area contributed by atoms with E-state index in [-0.39, 0.29) is 23.2 Å². The monoisotopic (exact) mass is 360 g/mol. The number of H-pyrrole nitrogens is 1. The van der Waals surface area contributed by atoms with Crippen LogP contribution in [0.4, 0.5) is 0 Å². The molecule has 0 bridgehead atoms. The van der Waals surface area contributed by atoms with E-state index in [0.717, 1.165) is 5.56 Å². The van der Waals surface area contributed by atoms with Gasteiger partial charge in [-0.05, 0) is 42.1 Å². The minimum Gasteiger partial charge on any atom is -0.344 e. The molecule has 0 spiro atoms. The minimum atomic E-state index is -0.378. The van der Waals surface area contributed by atoms with E-state index in [1.165, 1.54) is 0 Å². The molecule has 1 unspecified atom stereocenters. The summed E-state index contributed by atoms with van der Waals surface area (Å²) in [7, 11) is 0. The van der Waals surface area contributed by atoms with E-state index >= 15 is 0 Å². The van der Waals surface area contributed by atoms with Gasteiger partial charge in [-0.3, -0.25) is 9.59 Å². The van der Waals surface area contributed by atoms with Crippen LogP contribution in [-0.4, -0.2) is 10.9 Å².